The zero-order valence-electron chi connectivity index (χ0n) is 10.4. The molecule has 2 aliphatic carbocycles. The topological polar surface area (TPSA) is 34.1 Å². The molecule has 1 saturated carbocycles. The van der Waals surface area contributed by atoms with Crippen LogP contribution >= 0.6 is 0 Å². The Bertz CT molecular complexity index is 376. The summed E-state index contributed by atoms with van der Waals surface area (Å²) in [6.45, 7) is 6.36. The number of allylic oxidation sites excluding steroid dienone is 2. The van der Waals surface area contributed by atoms with E-state index in [1.807, 2.05) is 6.92 Å². The largest absolute Gasteiger partial charge is 0.299 e. The van der Waals surface area contributed by atoms with E-state index in [4.69, 9.17) is 0 Å². The molecule has 0 radical (unpaired) electrons. The van der Waals surface area contributed by atoms with Crippen LogP contribution in [0, 0.1) is 11.3 Å². The highest BCUT2D eigenvalue weighted by Gasteiger charge is 2.44. The van der Waals surface area contributed by atoms with E-state index in [1.165, 1.54) is 5.57 Å². The van der Waals surface area contributed by atoms with Gasteiger partial charge in [0, 0.05) is 24.7 Å². The Kier molecular flexibility index (Phi) is 2.77. The fourth-order valence-corrected chi connectivity index (χ4v) is 3.11. The summed E-state index contributed by atoms with van der Waals surface area (Å²) in [6.07, 6.45) is 3.34. The highest BCUT2D eigenvalue weighted by Crippen LogP contribution is 2.49. The minimum atomic E-state index is -0.314. The molecular weight excluding hydrogens is 200 g/mol. The molecule has 0 unspecified atom stereocenters. The summed E-state index contributed by atoms with van der Waals surface area (Å²) in [5.74, 6) is 0.992. The fourth-order valence-electron chi connectivity index (χ4n) is 3.11. The van der Waals surface area contributed by atoms with Gasteiger partial charge in [-0.1, -0.05) is 25.0 Å². The average molecular weight is 220 g/mol. The van der Waals surface area contributed by atoms with Gasteiger partial charge < -0.3 is 0 Å². The normalized spacial score (nSPS) is 31.0. The van der Waals surface area contributed by atoms with Gasteiger partial charge >= 0.3 is 0 Å². The Morgan fingerprint density at radius 1 is 1.12 bits per heavy atom. The molecule has 1 atom stereocenters. The quantitative estimate of drug-likeness (QED) is 0.636. The molecule has 0 N–H and O–H groups in total. The summed E-state index contributed by atoms with van der Waals surface area (Å²) >= 11 is 0. The standard InChI is InChI=1S/C14H20O2/c1-9(2)11-6-7-14(3)12(11)8-10(15)4-5-13(14)16/h9H,4-8H2,1-3H3/t14-/m0/s1. The molecular formula is C14H20O2. The molecule has 2 rings (SSSR count). The van der Waals surface area contributed by atoms with Crippen LogP contribution in [0.15, 0.2) is 11.1 Å². The Balaban J connectivity index is 2.48. The van der Waals surface area contributed by atoms with Crippen molar-refractivity contribution in [3.8, 4) is 0 Å². The van der Waals surface area contributed by atoms with Crippen molar-refractivity contribution in [3.63, 3.8) is 0 Å². The van der Waals surface area contributed by atoms with Gasteiger partial charge in [-0.05, 0) is 25.7 Å². The second-order valence-electron chi connectivity index (χ2n) is 5.63. The van der Waals surface area contributed by atoms with Gasteiger partial charge in [0.15, 0.2) is 0 Å². The minimum absolute atomic E-state index is 0.243. The maximum atomic E-state index is 12.1. The van der Waals surface area contributed by atoms with Gasteiger partial charge in [-0.2, -0.15) is 0 Å². The van der Waals surface area contributed by atoms with E-state index in [1.54, 1.807) is 0 Å². The van der Waals surface area contributed by atoms with Crippen molar-refractivity contribution in [1.82, 2.24) is 0 Å². The van der Waals surface area contributed by atoms with Gasteiger partial charge in [-0.25, -0.2) is 0 Å². The monoisotopic (exact) mass is 220 g/mol. The lowest BCUT2D eigenvalue weighted by Crippen LogP contribution is -2.26. The van der Waals surface area contributed by atoms with Crippen LogP contribution in [0.2, 0.25) is 0 Å². The molecule has 0 bridgehead atoms. The molecule has 88 valence electrons. The SMILES string of the molecule is CC(C)C1=C2CC(=O)CCC(=O)[C@@]2(C)CC1. The molecule has 2 heteroatoms. The second kappa shape index (κ2) is 3.83. The molecule has 1 fully saturated rings. The van der Waals surface area contributed by atoms with Crippen molar-refractivity contribution in [1.29, 1.82) is 0 Å². The number of carbonyl (C=O) groups is 2. The van der Waals surface area contributed by atoms with Crippen molar-refractivity contribution < 1.29 is 9.59 Å². The lowest BCUT2D eigenvalue weighted by atomic mass is 9.77. The number of Topliss-reactive ketones (excluding diaryl/α,β-unsaturated/α-hetero) is 2. The number of ketones is 2. The van der Waals surface area contributed by atoms with Gasteiger partial charge in [0.1, 0.15) is 11.6 Å². The number of hydrogen-bond acceptors (Lipinski definition) is 2. The van der Waals surface area contributed by atoms with Crippen LogP contribution in [-0.2, 0) is 9.59 Å². The Morgan fingerprint density at radius 3 is 2.44 bits per heavy atom. The second-order valence-corrected chi connectivity index (χ2v) is 5.63. The molecule has 0 saturated heterocycles. The lowest BCUT2D eigenvalue weighted by molar-refractivity contribution is -0.126. The van der Waals surface area contributed by atoms with Crippen LogP contribution in [0.3, 0.4) is 0 Å². The van der Waals surface area contributed by atoms with Crippen LogP contribution in [-0.4, -0.2) is 11.6 Å². The molecule has 2 nitrogen and oxygen atoms in total. The molecule has 0 amide bonds. The van der Waals surface area contributed by atoms with Crippen LogP contribution in [0.1, 0.15) is 52.9 Å². The third-order valence-corrected chi connectivity index (χ3v) is 4.27. The number of carbonyl (C=O) groups excluding carboxylic acids is 2. The molecule has 2 aliphatic rings. The highest BCUT2D eigenvalue weighted by atomic mass is 16.1. The van der Waals surface area contributed by atoms with Crippen molar-refractivity contribution >= 4 is 11.6 Å². The van der Waals surface area contributed by atoms with Crippen LogP contribution in [0.5, 0.6) is 0 Å². The van der Waals surface area contributed by atoms with Gasteiger partial charge in [0.2, 0.25) is 0 Å². The fraction of sp³-hybridized carbons (Fsp3) is 0.714. The van der Waals surface area contributed by atoms with Crippen LogP contribution in [0.25, 0.3) is 0 Å². The first-order valence-corrected chi connectivity index (χ1v) is 6.22. The van der Waals surface area contributed by atoms with Crippen molar-refractivity contribution in [2.75, 3.05) is 0 Å². The van der Waals surface area contributed by atoms with Crippen molar-refractivity contribution in [2.45, 2.75) is 52.9 Å². The molecule has 16 heavy (non-hydrogen) atoms. The first-order valence-electron chi connectivity index (χ1n) is 6.22. The van der Waals surface area contributed by atoms with E-state index in [2.05, 4.69) is 13.8 Å². The van der Waals surface area contributed by atoms with Gasteiger partial charge in [0.05, 0.1) is 0 Å². The van der Waals surface area contributed by atoms with Crippen LogP contribution < -0.4 is 0 Å². The predicted molar refractivity (Wildman–Crippen MR) is 63.1 cm³/mol. The lowest BCUT2D eigenvalue weighted by Gasteiger charge is -2.24. The Labute approximate surface area is 97.1 Å². The van der Waals surface area contributed by atoms with E-state index in [9.17, 15) is 9.59 Å². The van der Waals surface area contributed by atoms with Gasteiger partial charge in [0.25, 0.3) is 0 Å². The summed E-state index contributed by atoms with van der Waals surface area (Å²) in [5, 5.41) is 0. The third-order valence-electron chi connectivity index (χ3n) is 4.27. The number of rotatable bonds is 1. The summed E-state index contributed by atoms with van der Waals surface area (Å²) in [4.78, 5) is 23.8. The highest BCUT2D eigenvalue weighted by molar-refractivity contribution is 5.96. The molecule has 0 spiro atoms. The summed E-state index contributed by atoms with van der Waals surface area (Å²) in [7, 11) is 0. The maximum absolute atomic E-state index is 12.1. The van der Waals surface area contributed by atoms with Crippen molar-refractivity contribution in [3.05, 3.63) is 11.1 Å². The van der Waals surface area contributed by atoms with Crippen molar-refractivity contribution in [2.24, 2.45) is 11.3 Å². The molecule has 0 heterocycles. The van der Waals surface area contributed by atoms with E-state index >= 15 is 0 Å². The number of fused-ring (bicyclic) bond motifs is 1. The minimum Gasteiger partial charge on any atom is -0.299 e. The number of hydrogen-bond donors (Lipinski definition) is 0. The zero-order valence-corrected chi connectivity index (χ0v) is 10.4. The van der Waals surface area contributed by atoms with Crippen LogP contribution in [0.4, 0.5) is 0 Å². The third kappa shape index (κ3) is 1.64. The summed E-state index contributed by atoms with van der Waals surface area (Å²) in [6, 6.07) is 0. The first-order chi connectivity index (χ1) is 7.45. The van der Waals surface area contributed by atoms with E-state index in [0.717, 1.165) is 18.4 Å². The van der Waals surface area contributed by atoms with Gasteiger partial charge in [-0.15, -0.1) is 0 Å². The average Bonchev–Trinajstić information content (AvgIpc) is 2.49. The predicted octanol–water partition coefficient (Wildman–Crippen LogP) is 3.06. The smallest absolute Gasteiger partial charge is 0.143 e. The van der Waals surface area contributed by atoms with E-state index in [-0.39, 0.29) is 17.0 Å². The van der Waals surface area contributed by atoms with E-state index < -0.39 is 0 Å². The zero-order chi connectivity index (χ0) is 11.9. The Morgan fingerprint density at radius 2 is 1.81 bits per heavy atom. The van der Waals surface area contributed by atoms with E-state index in [0.29, 0.717) is 25.2 Å². The molecule has 0 aromatic heterocycles. The maximum Gasteiger partial charge on any atom is 0.143 e. The molecule has 0 aromatic carbocycles. The van der Waals surface area contributed by atoms with Gasteiger partial charge in [-0.3, -0.25) is 9.59 Å². The summed E-state index contributed by atoms with van der Waals surface area (Å²) in [5.41, 5.74) is 2.22. The molecule has 0 aliphatic heterocycles. The molecule has 0 aromatic rings. The first kappa shape index (κ1) is 11.6. The summed E-state index contributed by atoms with van der Waals surface area (Å²) < 4.78 is 0. The Hall–Kier alpha value is -0.920.